The van der Waals surface area contributed by atoms with Gasteiger partial charge in [0.15, 0.2) is 0 Å². The van der Waals surface area contributed by atoms with Gasteiger partial charge in [-0.1, -0.05) is 13.3 Å². The van der Waals surface area contributed by atoms with E-state index in [-0.39, 0.29) is 6.10 Å². The number of nitrogens with one attached hydrogen (secondary N) is 1. The largest absolute Gasteiger partial charge is 0.478 e. The average Bonchev–Trinajstić information content (AvgIpc) is 2.28. The van der Waals surface area contributed by atoms with Crippen molar-refractivity contribution in [2.45, 2.75) is 32.8 Å². The van der Waals surface area contributed by atoms with Crippen molar-refractivity contribution >= 4 is 5.82 Å². The Morgan fingerprint density at radius 3 is 2.94 bits per heavy atom. The van der Waals surface area contributed by atoms with Crippen LogP contribution in [0, 0.1) is 0 Å². The third-order valence-corrected chi connectivity index (χ3v) is 2.07. The summed E-state index contributed by atoms with van der Waals surface area (Å²) in [7, 11) is 0. The number of aliphatic hydroxyl groups excluding tert-OH is 1. The molecule has 1 aromatic heterocycles. The first-order valence-corrected chi connectivity index (χ1v) is 5.63. The van der Waals surface area contributed by atoms with Crippen LogP contribution in [0.4, 0.5) is 5.82 Å². The molecule has 0 radical (unpaired) electrons. The maximum atomic E-state index is 9.55. The van der Waals surface area contributed by atoms with Crippen LogP contribution < -0.4 is 10.1 Å². The summed E-state index contributed by atoms with van der Waals surface area (Å²) in [6.45, 7) is 5.02. The first-order chi connectivity index (χ1) is 7.76. The highest BCUT2D eigenvalue weighted by Gasteiger charge is 2.03. The molecule has 0 spiro atoms. The van der Waals surface area contributed by atoms with Crippen LogP contribution in [-0.4, -0.2) is 34.3 Å². The minimum atomic E-state index is -0.337. The molecule has 0 aliphatic rings. The van der Waals surface area contributed by atoms with Crippen molar-refractivity contribution in [1.82, 2.24) is 9.97 Å². The first kappa shape index (κ1) is 12.7. The Bertz CT molecular complexity index is 307. The molecular weight excluding hydrogens is 206 g/mol. The zero-order valence-electron chi connectivity index (χ0n) is 9.81. The second-order valence-electron chi connectivity index (χ2n) is 3.50. The van der Waals surface area contributed by atoms with Crippen molar-refractivity contribution in [2.75, 3.05) is 18.5 Å². The van der Waals surface area contributed by atoms with Gasteiger partial charge in [0, 0.05) is 12.6 Å². The molecular formula is C11H19N3O2. The molecule has 2 N–H and O–H groups in total. The van der Waals surface area contributed by atoms with E-state index in [4.69, 9.17) is 4.74 Å². The third-order valence-electron chi connectivity index (χ3n) is 2.07. The number of nitrogens with zero attached hydrogens (tertiary/aromatic N) is 2. The maximum Gasteiger partial charge on any atom is 0.218 e. The lowest BCUT2D eigenvalue weighted by molar-refractivity contribution is 0.176. The summed E-state index contributed by atoms with van der Waals surface area (Å²) in [6.07, 6.45) is 2.86. The Labute approximate surface area is 95.9 Å². The molecule has 0 aliphatic carbocycles. The molecule has 90 valence electrons. The fourth-order valence-electron chi connectivity index (χ4n) is 1.32. The smallest absolute Gasteiger partial charge is 0.218 e. The lowest BCUT2D eigenvalue weighted by Crippen LogP contribution is -2.19. The van der Waals surface area contributed by atoms with Crippen molar-refractivity contribution in [2.24, 2.45) is 0 Å². The second-order valence-corrected chi connectivity index (χ2v) is 3.50. The SMILES string of the molecule is CCCC(O)CNc1cc(OCC)ncn1. The van der Waals surface area contributed by atoms with E-state index < -0.39 is 0 Å². The number of ether oxygens (including phenoxy) is 1. The Balaban J connectivity index is 2.44. The van der Waals surface area contributed by atoms with Crippen molar-refractivity contribution in [3.05, 3.63) is 12.4 Å². The average molecular weight is 225 g/mol. The summed E-state index contributed by atoms with van der Waals surface area (Å²) in [4.78, 5) is 8.00. The quantitative estimate of drug-likeness (QED) is 0.735. The fourth-order valence-corrected chi connectivity index (χ4v) is 1.32. The molecule has 1 heterocycles. The van der Waals surface area contributed by atoms with Crippen LogP contribution in [0.15, 0.2) is 12.4 Å². The highest BCUT2D eigenvalue weighted by atomic mass is 16.5. The monoisotopic (exact) mass is 225 g/mol. The number of rotatable bonds is 7. The van der Waals surface area contributed by atoms with Gasteiger partial charge in [-0.2, -0.15) is 0 Å². The number of anilines is 1. The van der Waals surface area contributed by atoms with Gasteiger partial charge in [-0.25, -0.2) is 9.97 Å². The van der Waals surface area contributed by atoms with Gasteiger partial charge in [0.25, 0.3) is 0 Å². The molecule has 0 fully saturated rings. The summed E-state index contributed by atoms with van der Waals surface area (Å²) in [6, 6.07) is 1.72. The Hall–Kier alpha value is -1.36. The molecule has 0 saturated heterocycles. The lowest BCUT2D eigenvalue weighted by atomic mass is 10.2. The molecule has 5 nitrogen and oxygen atoms in total. The minimum Gasteiger partial charge on any atom is -0.478 e. The Morgan fingerprint density at radius 2 is 2.25 bits per heavy atom. The lowest BCUT2D eigenvalue weighted by Gasteiger charge is -2.11. The van der Waals surface area contributed by atoms with Gasteiger partial charge < -0.3 is 15.2 Å². The molecule has 0 saturated carbocycles. The molecule has 0 amide bonds. The molecule has 5 heteroatoms. The summed E-state index contributed by atoms with van der Waals surface area (Å²) in [5.41, 5.74) is 0. The van der Waals surface area contributed by atoms with E-state index in [2.05, 4.69) is 15.3 Å². The van der Waals surface area contributed by atoms with Crippen LogP contribution in [-0.2, 0) is 0 Å². The molecule has 0 aliphatic heterocycles. The van der Waals surface area contributed by atoms with E-state index in [0.29, 0.717) is 24.8 Å². The van der Waals surface area contributed by atoms with Crippen molar-refractivity contribution in [3.63, 3.8) is 0 Å². The highest BCUT2D eigenvalue weighted by molar-refractivity contribution is 5.37. The molecule has 16 heavy (non-hydrogen) atoms. The molecule has 1 aromatic rings. The van der Waals surface area contributed by atoms with Crippen molar-refractivity contribution in [3.8, 4) is 5.88 Å². The van der Waals surface area contributed by atoms with Gasteiger partial charge in [-0.3, -0.25) is 0 Å². The van der Waals surface area contributed by atoms with E-state index in [1.54, 1.807) is 6.07 Å². The number of hydrogen-bond donors (Lipinski definition) is 2. The van der Waals surface area contributed by atoms with Crippen LogP contribution in [0.1, 0.15) is 26.7 Å². The van der Waals surface area contributed by atoms with E-state index >= 15 is 0 Å². The van der Waals surface area contributed by atoms with E-state index in [1.165, 1.54) is 6.33 Å². The molecule has 0 bridgehead atoms. The van der Waals surface area contributed by atoms with E-state index in [1.807, 2.05) is 13.8 Å². The predicted octanol–water partition coefficient (Wildman–Crippen LogP) is 1.45. The summed E-state index contributed by atoms with van der Waals surface area (Å²) in [5.74, 6) is 1.22. The van der Waals surface area contributed by atoms with Crippen LogP contribution >= 0.6 is 0 Å². The van der Waals surface area contributed by atoms with Gasteiger partial charge in [-0.05, 0) is 13.3 Å². The number of aromatic nitrogens is 2. The molecule has 0 aromatic carbocycles. The molecule has 1 rings (SSSR count). The van der Waals surface area contributed by atoms with Crippen LogP contribution in [0.3, 0.4) is 0 Å². The summed E-state index contributed by atoms with van der Waals surface area (Å²) < 4.78 is 5.25. The highest BCUT2D eigenvalue weighted by Crippen LogP contribution is 2.11. The first-order valence-electron chi connectivity index (χ1n) is 5.63. The second kappa shape index (κ2) is 7.00. The Kier molecular flexibility index (Phi) is 5.56. The summed E-state index contributed by atoms with van der Waals surface area (Å²) >= 11 is 0. The van der Waals surface area contributed by atoms with Crippen molar-refractivity contribution in [1.29, 1.82) is 0 Å². The number of aliphatic hydroxyl groups is 1. The van der Waals surface area contributed by atoms with Crippen molar-refractivity contribution < 1.29 is 9.84 Å². The third kappa shape index (κ3) is 4.44. The summed E-state index contributed by atoms with van der Waals surface area (Å²) in [5, 5.41) is 12.6. The fraction of sp³-hybridized carbons (Fsp3) is 0.636. The van der Waals surface area contributed by atoms with Crippen LogP contribution in [0.5, 0.6) is 5.88 Å². The maximum absolute atomic E-state index is 9.55. The van der Waals surface area contributed by atoms with Gasteiger partial charge in [0.05, 0.1) is 12.7 Å². The van der Waals surface area contributed by atoms with Crippen LogP contribution in [0.2, 0.25) is 0 Å². The van der Waals surface area contributed by atoms with Gasteiger partial charge in [0.1, 0.15) is 12.1 Å². The van der Waals surface area contributed by atoms with Crippen LogP contribution in [0.25, 0.3) is 0 Å². The van der Waals surface area contributed by atoms with Gasteiger partial charge in [0.2, 0.25) is 5.88 Å². The zero-order chi connectivity index (χ0) is 11.8. The van der Waals surface area contributed by atoms with Gasteiger partial charge >= 0.3 is 0 Å². The Morgan fingerprint density at radius 1 is 1.44 bits per heavy atom. The van der Waals surface area contributed by atoms with Gasteiger partial charge in [-0.15, -0.1) is 0 Å². The standard InChI is InChI=1S/C11H19N3O2/c1-3-5-9(15)7-12-10-6-11(16-4-2)14-8-13-10/h6,8-9,15H,3-5,7H2,1-2H3,(H,12,13,14). The predicted molar refractivity (Wildman–Crippen MR) is 62.6 cm³/mol. The van der Waals surface area contributed by atoms with E-state index in [9.17, 15) is 5.11 Å². The number of hydrogen-bond acceptors (Lipinski definition) is 5. The topological polar surface area (TPSA) is 67.3 Å². The molecule has 1 atom stereocenters. The normalized spacial score (nSPS) is 12.2. The van der Waals surface area contributed by atoms with E-state index in [0.717, 1.165) is 12.8 Å². The molecule has 1 unspecified atom stereocenters. The minimum absolute atomic E-state index is 0.337. The zero-order valence-corrected chi connectivity index (χ0v) is 9.81.